The molecule has 0 spiro atoms. The van der Waals surface area contributed by atoms with Crippen LogP contribution in [-0.2, 0) is 17.6 Å². The molecule has 1 saturated heterocycles. The van der Waals surface area contributed by atoms with E-state index in [0.29, 0.717) is 24.1 Å². The smallest absolute Gasteiger partial charge is 0.251 e. The maximum absolute atomic E-state index is 12.8. The van der Waals surface area contributed by atoms with E-state index in [1.807, 2.05) is 24.3 Å². The SMILES string of the molecule is CC(C)CN[C@H](C)c1ccc2c(c1)CC[C@H](NC(=O)c1ccc(OC[C@@H]3CCCO3)cc1)C2. The molecule has 0 saturated carbocycles. The summed E-state index contributed by atoms with van der Waals surface area (Å²) < 4.78 is 11.4. The zero-order valence-corrected chi connectivity index (χ0v) is 20.2. The summed E-state index contributed by atoms with van der Waals surface area (Å²) in [6.45, 7) is 9.12. The van der Waals surface area contributed by atoms with Gasteiger partial charge in [-0.2, -0.15) is 0 Å². The summed E-state index contributed by atoms with van der Waals surface area (Å²) in [5.41, 5.74) is 4.79. The first-order valence-electron chi connectivity index (χ1n) is 12.5. The normalized spacial score (nSPS) is 21.0. The molecule has 2 aromatic rings. The van der Waals surface area contributed by atoms with Crippen molar-refractivity contribution in [1.82, 2.24) is 10.6 Å². The first kappa shape index (κ1) is 23.8. The van der Waals surface area contributed by atoms with Crippen LogP contribution in [0.2, 0.25) is 0 Å². The van der Waals surface area contributed by atoms with E-state index in [2.05, 4.69) is 49.6 Å². The Morgan fingerprint density at radius 3 is 2.64 bits per heavy atom. The first-order valence-corrected chi connectivity index (χ1v) is 12.5. The zero-order chi connectivity index (χ0) is 23.2. The fraction of sp³-hybridized carbons (Fsp3) is 0.536. The van der Waals surface area contributed by atoms with Crippen LogP contribution in [-0.4, -0.2) is 37.8 Å². The number of aryl methyl sites for hydroxylation is 1. The minimum absolute atomic E-state index is 0.0164. The molecule has 1 amide bonds. The van der Waals surface area contributed by atoms with Gasteiger partial charge in [-0.3, -0.25) is 4.79 Å². The number of carbonyl (C=O) groups excluding carboxylic acids is 1. The van der Waals surface area contributed by atoms with E-state index in [-0.39, 0.29) is 18.1 Å². The van der Waals surface area contributed by atoms with Gasteiger partial charge < -0.3 is 20.1 Å². The lowest BCUT2D eigenvalue weighted by Crippen LogP contribution is -2.38. The number of hydrogen-bond acceptors (Lipinski definition) is 4. The number of fused-ring (bicyclic) bond motifs is 1. The summed E-state index contributed by atoms with van der Waals surface area (Å²) in [6.07, 6.45) is 5.21. The predicted octanol–water partition coefficient (Wildman–Crippen LogP) is 4.84. The maximum Gasteiger partial charge on any atom is 0.251 e. The Kier molecular flexibility index (Phi) is 8.05. The van der Waals surface area contributed by atoms with Crippen molar-refractivity contribution < 1.29 is 14.3 Å². The minimum atomic E-state index is -0.0164. The summed E-state index contributed by atoms with van der Waals surface area (Å²) in [6, 6.07) is 14.8. The van der Waals surface area contributed by atoms with Crippen LogP contribution in [0.5, 0.6) is 5.75 Å². The summed E-state index contributed by atoms with van der Waals surface area (Å²) in [7, 11) is 0. The van der Waals surface area contributed by atoms with Crippen molar-refractivity contribution in [3.05, 3.63) is 64.7 Å². The lowest BCUT2D eigenvalue weighted by Gasteiger charge is -2.27. The largest absolute Gasteiger partial charge is 0.491 e. The quantitative estimate of drug-likeness (QED) is 0.574. The standard InChI is InChI=1S/C28H38N2O3/c1-19(2)17-29-20(3)22-6-7-24-16-25(11-8-23(24)15-22)30-28(31)21-9-12-26(13-10-21)33-18-27-5-4-14-32-27/h6-7,9-10,12-13,15,19-20,25,27,29H,4-5,8,11,14,16-18H2,1-3H3,(H,30,31)/t20-,25+,27+/m1/s1. The molecule has 5 heteroatoms. The Labute approximate surface area is 198 Å². The highest BCUT2D eigenvalue weighted by Crippen LogP contribution is 2.26. The van der Waals surface area contributed by atoms with Gasteiger partial charge in [0.2, 0.25) is 0 Å². The molecule has 1 fully saturated rings. The average molecular weight is 451 g/mol. The van der Waals surface area contributed by atoms with E-state index in [1.165, 1.54) is 16.7 Å². The summed E-state index contributed by atoms with van der Waals surface area (Å²) in [5, 5.41) is 6.84. The van der Waals surface area contributed by atoms with Crippen LogP contribution in [0.15, 0.2) is 42.5 Å². The highest BCUT2D eigenvalue weighted by atomic mass is 16.5. The second-order valence-corrected chi connectivity index (χ2v) is 9.94. The van der Waals surface area contributed by atoms with Crippen LogP contribution in [0, 0.1) is 5.92 Å². The van der Waals surface area contributed by atoms with Gasteiger partial charge in [-0.25, -0.2) is 0 Å². The molecule has 2 aromatic carbocycles. The summed E-state index contributed by atoms with van der Waals surface area (Å²) >= 11 is 0. The summed E-state index contributed by atoms with van der Waals surface area (Å²) in [5.74, 6) is 1.41. The van der Waals surface area contributed by atoms with Gasteiger partial charge in [0.25, 0.3) is 5.91 Å². The highest BCUT2D eigenvalue weighted by molar-refractivity contribution is 5.94. The van der Waals surface area contributed by atoms with Gasteiger partial charge in [-0.1, -0.05) is 32.0 Å². The third kappa shape index (κ3) is 6.58. The number of hydrogen-bond donors (Lipinski definition) is 2. The van der Waals surface area contributed by atoms with Crippen molar-refractivity contribution in [3.8, 4) is 5.75 Å². The van der Waals surface area contributed by atoms with Gasteiger partial charge >= 0.3 is 0 Å². The van der Waals surface area contributed by atoms with E-state index in [4.69, 9.17) is 9.47 Å². The molecule has 0 unspecified atom stereocenters. The molecule has 1 aliphatic carbocycles. The topological polar surface area (TPSA) is 59.6 Å². The van der Waals surface area contributed by atoms with Crippen LogP contribution in [0.25, 0.3) is 0 Å². The van der Waals surface area contributed by atoms with Crippen LogP contribution < -0.4 is 15.4 Å². The van der Waals surface area contributed by atoms with Gasteiger partial charge in [-0.05, 0) is 92.4 Å². The molecule has 3 atom stereocenters. The summed E-state index contributed by atoms with van der Waals surface area (Å²) in [4.78, 5) is 12.8. The predicted molar refractivity (Wildman–Crippen MR) is 132 cm³/mol. The molecule has 1 aliphatic heterocycles. The van der Waals surface area contributed by atoms with Gasteiger partial charge in [0.15, 0.2) is 0 Å². The van der Waals surface area contributed by atoms with Gasteiger partial charge in [0, 0.05) is 24.3 Å². The van der Waals surface area contributed by atoms with Crippen LogP contribution in [0.1, 0.15) is 73.1 Å². The number of rotatable bonds is 9. The molecule has 178 valence electrons. The minimum Gasteiger partial charge on any atom is -0.491 e. The molecular formula is C28H38N2O3. The van der Waals surface area contributed by atoms with Crippen molar-refractivity contribution in [1.29, 1.82) is 0 Å². The van der Waals surface area contributed by atoms with Crippen LogP contribution in [0.4, 0.5) is 0 Å². The molecule has 33 heavy (non-hydrogen) atoms. The second kappa shape index (κ2) is 11.2. The highest BCUT2D eigenvalue weighted by Gasteiger charge is 2.22. The number of amides is 1. The van der Waals surface area contributed by atoms with Crippen molar-refractivity contribution in [3.63, 3.8) is 0 Å². The lowest BCUT2D eigenvalue weighted by molar-refractivity contribution is 0.0679. The second-order valence-electron chi connectivity index (χ2n) is 9.94. The Morgan fingerprint density at radius 2 is 1.91 bits per heavy atom. The molecule has 0 aromatic heterocycles. The van der Waals surface area contributed by atoms with Crippen molar-refractivity contribution in [2.24, 2.45) is 5.92 Å². The molecule has 2 aliphatic rings. The molecule has 1 heterocycles. The zero-order valence-electron chi connectivity index (χ0n) is 20.2. The Balaban J connectivity index is 1.28. The van der Waals surface area contributed by atoms with E-state index in [1.54, 1.807) is 0 Å². The van der Waals surface area contributed by atoms with Gasteiger partial charge in [0.05, 0.1) is 6.10 Å². The van der Waals surface area contributed by atoms with Gasteiger partial charge in [-0.15, -0.1) is 0 Å². The number of nitrogens with one attached hydrogen (secondary N) is 2. The maximum atomic E-state index is 12.8. The molecule has 0 bridgehead atoms. The third-order valence-corrected chi connectivity index (χ3v) is 6.70. The molecular weight excluding hydrogens is 412 g/mol. The van der Waals surface area contributed by atoms with E-state index in [9.17, 15) is 4.79 Å². The molecule has 2 N–H and O–H groups in total. The van der Waals surface area contributed by atoms with Crippen molar-refractivity contribution >= 4 is 5.91 Å². The van der Waals surface area contributed by atoms with Crippen molar-refractivity contribution in [2.45, 2.75) is 71.1 Å². The fourth-order valence-corrected chi connectivity index (χ4v) is 4.63. The number of carbonyl (C=O) groups is 1. The van der Waals surface area contributed by atoms with Gasteiger partial charge in [0.1, 0.15) is 12.4 Å². The fourth-order valence-electron chi connectivity index (χ4n) is 4.63. The van der Waals surface area contributed by atoms with Crippen molar-refractivity contribution in [2.75, 3.05) is 19.8 Å². The molecule has 0 radical (unpaired) electrons. The Hall–Kier alpha value is -2.37. The Bertz CT molecular complexity index is 919. The monoisotopic (exact) mass is 450 g/mol. The van der Waals surface area contributed by atoms with Crippen LogP contribution >= 0.6 is 0 Å². The van der Waals surface area contributed by atoms with E-state index < -0.39 is 0 Å². The molecule has 5 nitrogen and oxygen atoms in total. The average Bonchev–Trinajstić information content (AvgIpc) is 3.35. The van der Waals surface area contributed by atoms with E-state index >= 15 is 0 Å². The van der Waals surface area contributed by atoms with E-state index in [0.717, 1.165) is 51.0 Å². The third-order valence-electron chi connectivity index (χ3n) is 6.70. The lowest BCUT2D eigenvalue weighted by atomic mass is 9.86. The first-order chi connectivity index (χ1) is 16.0. The number of benzene rings is 2. The molecule has 4 rings (SSSR count). The Morgan fingerprint density at radius 1 is 1.09 bits per heavy atom. The van der Waals surface area contributed by atoms with Crippen LogP contribution in [0.3, 0.4) is 0 Å². The number of ether oxygens (including phenoxy) is 2.